The largest absolute Gasteiger partial charge is 0.310 e. The lowest BCUT2D eigenvalue weighted by molar-refractivity contribution is 1.20. The van der Waals surface area contributed by atoms with Crippen LogP contribution >= 0.6 is 0 Å². The molecule has 66 heavy (non-hydrogen) atoms. The highest BCUT2D eigenvalue weighted by Crippen LogP contribution is 2.46. The molecular formula is C63H47NSi2. The van der Waals surface area contributed by atoms with Crippen LogP contribution < -0.4 is 46.4 Å². The van der Waals surface area contributed by atoms with Gasteiger partial charge in [0.05, 0.1) is 5.69 Å². The van der Waals surface area contributed by atoms with E-state index in [1.165, 1.54) is 103 Å². The number of fused-ring (bicyclic) bond motifs is 9. The number of hydrogen-bond donors (Lipinski definition) is 0. The van der Waals surface area contributed by atoms with E-state index in [2.05, 4.69) is 255 Å². The average Bonchev–Trinajstić information content (AvgIpc) is 4.01. The van der Waals surface area contributed by atoms with E-state index in [9.17, 15) is 0 Å². The van der Waals surface area contributed by atoms with Crippen LogP contribution in [0.25, 0.3) is 33.4 Å². The van der Waals surface area contributed by atoms with Gasteiger partial charge in [-0.1, -0.05) is 217 Å². The summed E-state index contributed by atoms with van der Waals surface area (Å²) >= 11 is 0. The second kappa shape index (κ2) is 15.0. The second-order valence-electron chi connectivity index (χ2n) is 18.5. The molecular weight excluding hydrogens is 827 g/mol. The lowest BCUT2D eigenvalue weighted by Crippen LogP contribution is -2.73. The van der Waals surface area contributed by atoms with Crippen LogP contribution in [-0.4, -0.2) is 16.1 Å². The van der Waals surface area contributed by atoms with Crippen LogP contribution in [0.1, 0.15) is 22.3 Å². The van der Waals surface area contributed by atoms with Gasteiger partial charge in [-0.3, -0.25) is 0 Å². The molecule has 2 aliphatic heterocycles. The van der Waals surface area contributed by atoms with Crippen LogP contribution in [0.3, 0.4) is 0 Å². The molecule has 0 atom stereocenters. The summed E-state index contributed by atoms with van der Waals surface area (Å²) in [6.07, 6.45) is 0.856. The monoisotopic (exact) mass is 873 g/mol. The zero-order valence-corrected chi connectivity index (χ0v) is 39.2. The summed E-state index contributed by atoms with van der Waals surface area (Å²) in [5.74, 6) is 0. The highest BCUT2D eigenvalue weighted by Gasteiger charge is 2.51. The molecule has 0 N–H and O–H groups in total. The fourth-order valence-electron chi connectivity index (χ4n) is 12.1. The van der Waals surface area contributed by atoms with Crippen molar-refractivity contribution in [1.82, 2.24) is 0 Å². The lowest BCUT2D eigenvalue weighted by Gasteiger charge is -2.34. The topological polar surface area (TPSA) is 3.24 Å². The van der Waals surface area contributed by atoms with Crippen LogP contribution in [0, 0.1) is 13.8 Å². The van der Waals surface area contributed by atoms with Crippen LogP contribution in [0.15, 0.2) is 237 Å². The molecule has 10 aromatic carbocycles. The maximum atomic E-state index is 2.66. The zero-order chi connectivity index (χ0) is 44.0. The van der Waals surface area contributed by atoms with E-state index in [-0.39, 0.29) is 0 Å². The number of aryl methyl sites for hydroxylation is 2. The van der Waals surface area contributed by atoms with Gasteiger partial charge in [0.1, 0.15) is 0 Å². The van der Waals surface area contributed by atoms with Crippen LogP contribution in [0.5, 0.6) is 0 Å². The first-order chi connectivity index (χ1) is 32.5. The Hall–Kier alpha value is -7.57. The molecule has 0 aromatic heterocycles. The summed E-state index contributed by atoms with van der Waals surface area (Å²) in [6.45, 7) is 4.37. The normalized spacial score (nSPS) is 14.1. The van der Waals surface area contributed by atoms with E-state index in [0.29, 0.717) is 0 Å². The van der Waals surface area contributed by atoms with Crippen LogP contribution in [-0.2, 0) is 6.42 Å². The average molecular weight is 874 g/mol. The second-order valence-corrected chi connectivity index (χ2v) is 26.0. The highest BCUT2D eigenvalue weighted by atomic mass is 28.3. The Labute approximate surface area is 390 Å². The summed E-state index contributed by atoms with van der Waals surface area (Å²) in [7, 11) is -5.65. The molecule has 3 heteroatoms. The minimum absolute atomic E-state index is 0.856. The van der Waals surface area contributed by atoms with Gasteiger partial charge in [0.15, 0.2) is 16.1 Å². The Morgan fingerprint density at radius 3 is 1.17 bits per heavy atom. The van der Waals surface area contributed by atoms with E-state index in [4.69, 9.17) is 0 Å². The van der Waals surface area contributed by atoms with Crippen molar-refractivity contribution in [1.29, 1.82) is 0 Å². The predicted molar refractivity (Wildman–Crippen MR) is 284 cm³/mol. The Morgan fingerprint density at radius 1 is 0.318 bits per heavy atom. The van der Waals surface area contributed by atoms with Gasteiger partial charge in [-0.25, -0.2) is 0 Å². The Bertz CT molecular complexity index is 3380. The first kappa shape index (κ1) is 38.9. The van der Waals surface area contributed by atoms with Gasteiger partial charge in [0, 0.05) is 17.8 Å². The lowest BCUT2D eigenvalue weighted by atomic mass is 10.0. The van der Waals surface area contributed by atoms with Crippen molar-refractivity contribution < 1.29 is 0 Å². The summed E-state index contributed by atoms with van der Waals surface area (Å²) in [5, 5.41) is 11.6. The Kier molecular flexibility index (Phi) is 8.83. The number of rotatable bonds is 7. The molecule has 0 saturated heterocycles. The van der Waals surface area contributed by atoms with Gasteiger partial charge in [-0.05, 0) is 130 Å². The SMILES string of the molecule is Cc1ccc(N(c2ccc(C)cc2)c2cc([Si]3(c4ccccc4)c4ccccc4-c4ccccc43)cc3c2Cc2ccc([Si]4(c5ccccc5)c5ccccc5-c5ccccc54)cc2-3)cc1. The number of nitrogens with zero attached hydrogens (tertiary/aromatic N) is 1. The molecule has 0 spiro atoms. The van der Waals surface area contributed by atoms with Crippen molar-refractivity contribution in [2.45, 2.75) is 20.3 Å². The summed E-state index contributed by atoms with van der Waals surface area (Å²) in [4.78, 5) is 2.55. The van der Waals surface area contributed by atoms with Crippen molar-refractivity contribution in [3.8, 4) is 33.4 Å². The van der Waals surface area contributed by atoms with Crippen molar-refractivity contribution >= 4 is 74.7 Å². The first-order valence-corrected chi connectivity index (χ1v) is 27.3. The molecule has 1 aliphatic carbocycles. The third kappa shape index (κ3) is 5.51. The summed E-state index contributed by atoms with van der Waals surface area (Å²) in [6, 6.07) is 91.2. The smallest absolute Gasteiger partial charge is 0.180 e. The van der Waals surface area contributed by atoms with E-state index >= 15 is 0 Å². The van der Waals surface area contributed by atoms with Crippen LogP contribution in [0.4, 0.5) is 17.1 Å². The van der Waals surface area contributed by atoms with E-state index in [1.807, 2.05) is 0 Å². The number of benzene rings is 10. The fraction of sp³-hybridized carbons (Fsp3) is 0.0476. The molecule has 13 rings (SSSR count). The van der Waals surface area contributed by atoms with Gasteiger partial charge >= 0.3 is 0 Å². The molecule has 2 heterocycles. The Morgan fingerprint density at radius 2 is 0.712 bits per heavy atom. The number of hydrogen-bond acceptors (Lipinski definition) is 1. The van der Waals surface area contributed by atoms with Crippen molar-refractivity contribution in [2.24, 2.45) is 0 Å². The molecule has 0 radical (unpaired) electrons. The quantitative estimate of drug-likeness (QED) is 0.144. The number of anilines is 3. The summed E-state index contributed by atoms with van der Waals surface area (Å²) in [5.41, 5.74) is 17.0. The van der Waals surface area contributed by atoms with Gasteiger partial charge in [-0.15, -0.1) is 0 Å². The molecule has 0 fully saturated rings. The van der Waals surface area contributed by atoms with Gasteiger partial charge in [0.25, 0.3) is 0 Å². The molecule has 0 bridgehead atoms. The van der Waals surface area contributed by atoms with Crippen molar-refractivity contribution in [3.05, 3.63) is 259 Å². The van der Waals surface area contributed by atoms with E-state index in [1.54, 1.807) is 0 Å². The van der Waals surface area contributed by atoms with Crippen LogP contribution in [0.2, 0.25) is 0 Å². The third-order valence-electron chi connectivity index (χ3n) is 15.0. The maximum absolute atomic E-state index is 2.91. The maximum Gasteiger partial charge on any atom is 0.180 e. The standard InChI is InChI=1S/C63H47NSi2/c1-43-29-34-46(35-30-43)64(47-36-31-44(2)32-37-47)59-42-51(66(49-19-7-4-8-20-49)62-27-15-11-23-54(62)55-24-12-16-28-63(55)66)41-57-56-40-50(38-33-45(56)39-58(57)59)65(48-17-5-3-6-18-48)60-25-13-9-21-52(60)53-22-10-14-26-61(53)65/h3-38,40-42H,39H2,1-2H3. The Balaban J connectivity index is 1.15. The first-order valence-electron chi connectivity index (χ1n) is 23.3. The minimum atomic E-state index is -2.91. The highest BCUT2D eigenvalue weighted by molar-refractivity contribution is 7.23. The zero-order valence-electron chi connectivity index (χ0n) is 37.2. The van der Waals surface area contributed by atoms with E-state index in [0.717, 1.165) is 17.8 Å². The molecule has 3 aliphatic rings. The van der Waals surface area contributed by atoms with Gasteiger partial charge in [-0.2, -0.15) is 0 Å². The van der Waals surface area contributed by atoms with Gasteiger partial charge in [0.2, 0.25) is 0 Å². The molecule has 0 amide bonds. The minimum Gasteiger partial charge on any atom is -0.310 e. The van der Waals surface area contributed by atoms with E-state index < -0.39 is 16.1 Å². The van der Waals surface area contributed by atoms with Gasteiger partial charge < -0.3 is 4.90 Å². The van der Waals surface area contributed by atoms with Crippen molar-refractivity contribution in [3.63, 3.8) is 0 Å². The molecule has 312 valence electrons. The molecule has 1 nitrogen and oxygen atoms in total. The molecule has 10 aromatic rings. The third-order valence-corrected chi connectivity index (χ3v) is 24.7. The van der Waals surface area contributed by atoms with Crippen molar-refractivity contribution in [2.75, 3.05) is 4.90 Å². The fourth-order valence-corrected chi connectivity index (χ4v) is 22.5. The molecule has 0 unspecified atom stereocenters. The summed E-state index contributed by atoms with van der Waals surface area (Å²) < 4.78 is 0. The predicted octanol–water partition coefficient (Wildman–Crippen LogP) is 10.1. The molecule has 0 saturated carbocycles.